The van der Waals surface area contributed by atoms with E-state index in [0.717, 1.165) is 24.2 Å². The van der Waals surface area contributed by atoms with Crippen molar-refractivity contribution >= 4 is 0 Å². The van der Waals surface area contributed by atoms with Crippen LogP contribution in [0.3, 0.4) is 0 Å². The zero-order valence-electron chi connectivity index (χ0n) is 11.1. The van der Waals surface area contributed by atoms with Crippen molar-refractivity contribution in [2.45, 2.75) is 62.3 Å². The average Bonchev–Trinajstić information content (AvgIpc) is 3.14. The largest absolute Gasteiger partial charge is 0.490 e. The lowest BCUT2D eigenvalue weighted by Crippen LogP contribution is -2.46. The van der Waals surface area contributed by atoms with Crippen LogP contribution in [0.15, 0.2) is 24.3 Å². The van der Waals surface area contributed by atoms with Gasteiger partial charge in [-0.05, 0) is 56.2 Å². The Kier molecular flexibility index (Phi) is 2.61. The number of benzene rings is 1. The Bertz CT molecular complexity index is 471. The quantitative estimate of drug-likeness (QED) is 0.875. The van der Waals surface area contributed by atoms with Gasteiger partial charge in [0, 0.05) is 12.1 Å². The minimum atomic E-state index is -0.667. The number of aliphatic hydroxyl groups is 1. The SMILES string of the molecule is OC1(c2cccc(OC3CC3)c2)CC2CCC(C1)N2. The van der Waals surface area contributed by atoms with Crippen LogP contribution in [-0.2, 0) is 5.60 Å². The summed E-state index contributed by atoms with van der Waals surface area (Å²) < 4.78 is 5.84. The zero-order chi connectivity index (χ0) is 12.9. The molecule has 19 heavy (non-hydrogen) atoms. The molecule has 2 N–H and O–H groups in total. The molecule has 2 aliphatic heterocycles. The molecule has 3 nitrogen and oxygen atoms in total. The monoisotopic (exact) mass is 259 g/mol. The second-order valence-electron chi connectivity index (χ2n) is 6.42. The third-order valence-corrected chi connectivity index (χ3v) is 4.70. The lowest BCUT2D eigenvalue weighted by molar-refractivity contribution is -0.0116. The van der Waals surface area contributed by atoms with Gasteiger partial charge in [-0.15, -0.1) is 0 Å². The molecule has 4 rings (SSSR count). The number of ether oxygens (including phenoxy) is 1. The number of hydrogen-bond acceptors (Lipinski definition) is 3. The summed E-state index contributed by atoms with van der Waals surface area (Å²) in [6, 6.07) is 9.07. The standard InChI is InChI=1S/C16H21NO2/c18-16(9-12-4-5-13(10-16)17-12)11-2-1-3-15(8-11)19-14-6-7-14/h1-3,8,12-14,17-18H,4-7,9-10H2. The van der Waals surface area contributed by atoms with Crippen molar-refractivity contribution in [3.05, 3.63) is 29.8 Å². The molecule has 102 valence electrons. The fraction of sp³-hybridized carbons (Fsp3) is 0.625. The first-order chi connectivity index (χ1) is 9.21. The van der Waals surface area contributed by atoms with Crippen molar-refractivity contribution in [3.8, 4) is 5.75 Å². The summed E-state index contributed by atoms with van der Waals surface area (Å²) >= 11 is 0. The average molecular weight is 259 g/mol. The first kappa shape index (κ1) is 11.7. The van der Waals surface area contributed by atoms with Crippen molar-refractivity contribution in [1.82, 2.24) is 5.32 Å². The fourth-order valence-electron chi connectivity index (χ4n) is 3.60. The molecule has 2 saturated heterocycles. The maximum absolute atomic E-state index is 11.0. The third kappa shape index (κ3) is 2.26. The summed E-state index contributed by atoms with van der Waals surface area (Å²) in [4.78, 5) is 0. The van der Waals surface area contributed by atoms with Gasteiger partial charge in [0.25, 0.3) is 0 Å². The summed E-state index contributed by atoms with van der Waals surface area (Å²) in [6.07, 6.45) is 6.81. The molecule has 2 bridgehead atoms. The normalized spacial score (nSPS) is 37.3. The van der Waals surface area contributed by atoms with E-state index < -0.39 is 5.60 Å². The summed E-state index contributed by atoms with van der Waals surface area (Å²) in [5.74, 6) is 0.916. The minimum absolute atomic E-state index is 0.411. The molecule has 2 atom stereocenters. The van der Waals surface area contributed by atoms with Gasteiger partial charge in [0.15, 0.2) is 0 Å². The van der Waals surface area contributed by atoms with Crippen molar-refractivity contribution in [1.29, 1.82) is 0 Å². The highest BCUT2D eigenvalue weighted by atomic mass is 16.5. The second kappa shape index (κ2) is 4.22. The van der Waals surface area contributed by atoms with Crippen LogP contribution in [0.1, 0.15) is 44.1 Å². The number of rotatable bonds is 3. The zero-order valence-corrected chi connectivity index (χ0v) is 11.1. The molecule has 0 aromatic heterocycles. The Balaban J connectivity index is 1.59. The molecule has 1 saturated carbocycles. The fourth-order valence-corrected chi connectivity index (χ4v) is 3.60. The van der Waals surface area contributed by atoms with Crippen molar-refractivity contribution in [2.24, 2.45) is 0 Å². The maximum atomic E-state index is 11.0. The van der Waals surface area contributed by atoms with E-state index in [0.29, 0.717) is 18.2 Å². The topological polar surface area (TPSA) is 41.5 Å². The molecule has 1 aliphatic carbocycles. The minimum Gasteiger partial charge on any atom is -0.490 e. The smallest absolute Gasteiger partial charge is 0.120 e. The second-order valence-corrected chi connectivity index (χ2v) is 6.42. The Morgan fingerprint density at radius 1 is 1.11 bits per heavy atom. The highest BCUT2D eigenvalue weighted by molar-refractivity contribution is 5.34. The van der Waals surface area contributed by atoms with Crippen LogP contribution < -0.4 is 10.1 Å². The predicted octanol–water partition coefficient (Wildman–Crippen LogP) is 2.33. The van der Waals surface area contributed by atoms with E-state index in [1.807, 2.05) is 24.3 Å². The first-order valence-electron chi connectivity index (χ1n) is 7.47. The molecule has 1 aromatic carbocycles. The van der Waals surface area contributed by atoms with Gasteiger partial charge in [-0.25, -0.2) is 0 Å². The molecule has 3 aliphatic rings. The van der Waals surface area contributed by atoms with E-state index >= 15 is 0 Å². The van der Waals surface area contributed by atoms with Crippen LogP contribution in [-0.4, -0.2) is 23.3 Å². The van der Waals surface area contributed by atoms with Gasteiger partial charge in [0.2, 0.25) is 0 Å². The molecule has 3 heteroatoms. The number of nitrogens with one attached hydrogen (secondary N) is 1. The Morgan fingerprint density at radius 3 is 2.53 bits per heavy atom. The van der Waals surface area contributed by atoms with Gasteiger partial charge < -0.3 is 15.2 Å². The van der Waals surface area contributed by atoms with E-state index in [1.165, 1.54) is 25.7 Å². The van der Waals surface area contributed by atoms with E-state index in [9.17, 15) is 5.11 Å². The summed E-state index contributed by atoms with van der Waals surface area (Å²) in [7, 11) is 0. The maximum Gasteiger partial charge on any atom is 0.120 e. The number of hydrogen-bond donors (Lipinski definition) is 2. The predicted molar refractivity (Wildman–Crippen MR) is 73.2 cm³/mol. The van der Waals surface area contributed by atoms with Gasteiger partial charge >= 0.3 is 0 Å². The summed E-state index contributed by atoms with van der Waals surface area (Å²) in [5.41, 5.74) is 0.365. The molecule has 2 unspecified atom stereocenters. The summed E-state index contributed by atoms with van der Waals surface area (Å²) in [6.45, 7) is 0. The van der Waals surface area contributed by atoms with Gasteiger partial charge in [-0.1, -0.05) is 12.1 Å². The third-order valence-electron chi connectivity index (χ3n) is 4.70. The van der Waals surface area contributed by atoms with Crippen LogP contribution in [0, 0.1) is 0 Å². The molecule has 3 fully saturated rings. The van der Waals surface area contributed by atoms with Gasteiger partial charge in [-0.2, -0.15) is 0 Å². The molecule has 2 heterocycles. The van der Waals surface area contributed by atoms with Crippen LogP contribution in [0.2, 0.25) is 0 Å². The lowest BCUT2D eigenvalue weighted by Gasteiger charge is -2.37. The van der Waals surface area contributed by atoms with E-state index in [-0.39, 0.29) is 0 Å². The van der Waals surface area contributed by atoms with Gasteiger partial charge in [-0.3, -0.25) is 0 Å². The molecule has 1 aromatic rings. The van der Waals surface area contributed by atoms with Gasteiger partial charge in [0.05, 0.1) is 11.7 Å². The highest BCUT2D eigenvalue weighted by Gasteiger charge is 2.43. The molecular weight excluding hydrogens is 238 g/mol. The Morgan fingerprint density at radius 2 is 1.84 bits per heavy atom. The van der Waals surface area contributed by atoms with E-state index in [4.69, 9.17) is 4.74 Å². The van der Waals surface area contributed by atoms with Crippen LogP contribution >= 0.6 is 0 Å². The van der Waals surface area contributed by atoms with E-state index in [2.05, 4.69) is 5.32 Å². The van der Waals surface area contributed by atoms with Crippen LogP contribution in [0.4, 0.5) is 0 Å². The Labute approximate surface area is 114 Å². The van der Waals surface area contributed by atoms with Crippen molar-refractivity contribution < 1.29 is 9.84 Å². The molecule has 0 spiro atoms. The molecule has 0 amide bonds. The molecule has 0 radical (unpaired) electrons. The van der Waals surface area contributed by atoms with Crippen molar-refractivity contribution in [2.75, 3.05) is 0 Å². The summed E-state index contributed by atoms with van der Waals surface area (Å²) in [5, 5.41) is 14.6. The van der Waals surface area contributed by atoms with Gasteiger partial charge in [0.1, 0.15) is 5.75 Å². The first-order valence-corrected chi connectivity index (χ1v) is 7.47. The Hall–Kier alpha value is -1.06. The van der Waals surface area contributed by atoms with Crippen LogP contribution in [0.5, 0.6) is 5.75 Å². The van der Waals surface area contributed by atoms with Crippen molar-refractivity contribution in [3.63, 3.8) is 0 Å². The highest BCUT2D eigenvalue weighted by Crippen LogP contribution is 2.41. The van der Waals surface area contributed by atoms with E-state index in [1.54, 1.807) is 0 Å². The number of fused-ring (bicyclic) bond motifs is 2. The van der Waals surface area contributed by atoms with Crippen LogP contribution in [0.25, 0.3) is 0 Å². The lowest BCUT2D eigenvalue weighted by atomic mass is 9.81. The molecular formula is C16H21NO2. The number of piperidine rings is 1.